The maximum Gasteiger partial charge on any atom is 0.263 e. The maximum absolute atomic E-state index is 13.1. The van der Waals surface area contributed by atoms with Gasteiger partial charge >= 0.3 is 0 Å². The molecule has 2 aromatic heterocycles. The average molecular weight is 544 g/mol. The molecule has 4 rings (SSSR count). The standard InChI is InChI=1S/C28H25N5O3S2/c1-3-25(37-28-21(18-29)11-16-24(32-28)20-9-7-19(2)8-10-20)27(34)31-22-12-14-23(15-13-22)38(35,36)33-26-6-4-5-17-30-26/h4-17,25H,3H2,1-2H3,(H,30,33)(H,31,34). The summed E-state index contributed by atoms with van der Waals surface area (Å²) in [6.07, 6.45) is 1.99. The van der Waals surface area contributed by atoms with Crippen LogP contribution in [0.4, 0.5) is 11.5 Å². The molecule has 192 valence electrons. The van der Waals surface area contributed by atoms with Crippen molar-refractivity contribution < 1.29 is 13.2 Å². The van der Waals surface area contributed by atoms with E-state index in [0.717, 1.165) is 16.8 Å². The van der Waals surface area contributed by atoms with E-state index in [0.29, 0.717) is 22.7 Å². The van der Waals surface area contributed by atoms with E-state index in [1.165, 1.54) is 42.2 Å². The van der Waals surface area contributed by atoms with Gasteiger partial charge in [-0.1, -0.05) is 54.6 Å². The van der Waals surface area contributed by atoms with Crippen LogP contribution in [0.1, 0.15) is 24.5 Å². The number of thioether (sulfide) groups is 1. The van der Waals surface area contributed by atoms with Gasteiger partial charge in [-0.2, -0.15) is 5.26 Å². The third kappa shape index (κ3) is 6.56. The number of amides is 1. The zero-order valence-corrected chi connectivity index (χ0v) is 22.4. The fraction of sp³-hybridized carbons (Fsp3) is 0.143. The largest absolute Gasteiger partial charge is 0.325 e. The first-order chi connectivity index (χ1) is 18.3. The second-order valence-electron chi connectivity index (χ2n) is 8.38. The molecule has 2 heterocycles. The molecule has 38 heavy (non-hydrogen) atoms. The summed E-state index contributed by atoms with van der Waals surface area (Å²) in [7, 11) is -3.83. The number of pyridine rings is 2. The van der Waals surface area contributed by atoms with Crippen LogP contribution in [0.15, 0.2) is 95.0 Å². The first-order valence-electron chi connectivity index (χ1n) is 11.8. The van der Waals surface area contributed by atoms with E-state index in [1.807, 2.05) is 38.1 Å². The van der Waals surface area contributed by atoms with Crippen LogP contribution >= 0.6 is 11.8 Å². The molecule has 0 aliphatic rings. The number of nitrogens with zero attached hydrogens (tertiary/aromatic N) is 3. The Morgan fingerprint density at radius 2 is 1.76 bits per heavy atom. The van der Waals surface area contributed by atoms with Crippen LogP contribution in [0.2, 0.25) is 0 Å². The molecule has 8 nitrogen and oxygen atoms in total. The van der Waals surface area contributed by atoms with E-state index in [4.69, 9.17) is 0 Å². The summed E-state index contributed by atoms with van der Waals surface area (Å²) in [6, 6.07) is 24.4. The van der Waals surface area contributed by atoms with Gasteiger partial charge in [-0.15, -0.1) is 0 Å². The number of nitrogens with one attached hydrogen (secondary N) is 2. The minimum Gasteiger partial charge on any atom is -0.325 e. The Labute approximate surface area is 226 Å². The number of benzene rings is 2. The van der Waals surface area contributed by atoms with Crippen molar-refractivity contribution in [3.05, 3.63) is 96.2 Å². The lowest BCUT2D eigenvalue weighted by Gasteiger charge is -2.16. The summed E-state index contributed by atoms with van der Waals surface area (Å²) in [5.74, 6) is -0.0596. The van der Waals surface area contributed by atoms with Crippen LogP contribution < -0.4 is 10.0 Å². The Morgan fingerprint density at radius 1 is 1.03 bits per heavy atom. The highest BCUT2D eigenvalue weighted by atomic mass is 32.2. The normalized spacial score (nSPS) is 11.8. The van der Waals surface area contributed by atoms with E-state index in [2.05, 4.69) is 26.1 Å². The van der Waals surface area contributed by atoms with E-state index < -0.39 is 15.3 Å². The predicted molar refractivity (Wildman–Crippen MR) is 149 cm³/mol. The van der Waals surface area contributed by atoms with Crippen LogP contribution in [-0.2, 0) is 14.8 Å². The molecular weight excluding hydrogens is 518 g/mol. The lowest BCUT2D eigenvalue weighted by molar-refractivity contribution is -0.115. The minimum absolute atomic E-state index is 0.0401. The summed E-state index contributed by atoms with van der Waals surface area (Å²) >= 11 is 1.23. The number of anilines is 2. The molecule has 0 saturated heterocycles. The van der Waals surface area contributed by atoms with Crippen molar-refractivity contribution in [1.82, 2.24) is 9.97 Å². The number of rotatable bonds is 9. The van der Waals surface area contributed by atoms with Crippen LogP contribution in [0.25, 0.3) is 11.3 Å². The van der Waals surface area contributed by atoms with Crippen molar-refractivity contribution >= 4 is 39.2 Å². The Balaban J connectivity index is 1.47. The SMILES string of the molecule is CCC(Sc1nc(-c2ccc(C)cc2)ccc1C#N)C(=O)Nc1ccc(S(=O)(=O)Nc2ccccn2)cc1. The minimum atomic E-state index is -3.83. The van der Waals surface area contributed by atoms with Gasteiger partial charge in [0.05, 0.1) is 21.4 Å². The number of carbonyl (C=O) groups is 1. The fourth-order valence-electron chi connectivity index (χ4n) is 3.52. The average Bonchev–Trinajstić information content (AvgIpc) is 2.92. The monoisotopic (exact) mass is 543 g/mol. The van der Waals surface area contributed by atoms with Gasteiger partial charge in [0, 0.05) is 17.4 Å². The summed E-state index contributed by atoms with van der Waals surface area (Å²) in [5, 5.41) is 12.4. The molecule has 0 aliphatic heterocycles. The van der Waals surface area contributed by atoms with Gasteiger partial charge in [-0.3, -0.25) is 9.52 Å². The summed E-state index contributed by atoms with van der Waals surface area (Å²) in [6.45, 7) is 3.89. The second-order valence-corrected chi connectivity index (χ2v) is 11.2. The topological polar surface area (TPSA) is 125 Å². The third-order valence-corrected chi connectivity index (χ3v) is 8.32. The molecule has 0 fully saturated rings. The fourth-order valence-corrected chi connectivity index (χ4v) is 5.52. The number of aromatic nitrogens is 2. The van der Waals surface area contributed by atoms with Gasteiger partial charge in [0.15, 0.2) is 0 Å². The molecule has 0 aliphatic carbocycles. The maximum atomic E-state index is 13.1. The van der Waals surface area contributed by atoms with Gasteiger partial charge in [-0.05, 0) is 61.9 Å². The number of sulfonamides is 1. The number of hydrogen-bond donors (Lipinski definition) is 2. The van der Waals surface area contributed by atoms with Crippen molar-refractivity contribution in [3.63, 3.8) is 0 Å². The van der Waals surface area contributed by atoms with Crippen molar-refractivity contribution in [3.8, 4) is 17.3 Å². The molecule has 10 heteroatoms. The number of hydrogen-bond acceptors (Lipinski definition) is 7. The van der Waals surface area contributed by atoms with Crippen LogP contribution in [0, 0.1) is 18.3 Å². The molecule has 2 N–H and O–H groups in total. The van der Waals surface area contributed by atoms with E-state index in [1.54, 1.807) is 30.3 Å². The predicted octanol–water partition coefficient (Wildman–Crippen LogP) is 5.63. The van der Waals surface area contributed by atoms with E-state index >= 15 is 0 Å². The molecule has 1 amide bonds. The Bertz CT molecular complexity index is 1570. The lowest BCUT2D eigenvalue weighted by atomic mass is 10.1. The van der Waals surface area contributed by atoms with Gasteiger partial charge < -0.3 is 5.32 Å². The molecule has 2 aromatic carbocycles. The van der Waals surface area contributed by atoms with Crippen molar-refractivity contribution in [2.45, 2.75) is 35.4 Å². The molecule has 0 bridgehead atoms. The van der Waals surface area contributed by atoms with Crippen molar-refractivity contribution in [1.29, 1.82) is 5.26 Å². The molecule has 0 saturated carbocycles. The van der Waals surface area contributed by atoms with E-state index in [9.17, 15) is 18.5 Å². The third-order valence-electron chi connectivity index (χ3n) is 5.58. The first-order valence-corrected chi connectivity index (χ1v) is 14.1. The molecular formula is C28H25N5O3S2. The number of carbonyl (C=O) groups excluding carboxylic acids is 1. The summed E-state index contributed by atoms with van der Waals surface area (Å²) < 4.78 is 27.7. The van der Waals surface area contributed by atoms with Crippen LogP contribution in [0.5, 0.6) is 0 Å². The number of aryl methyl sites for hydroxylation is 1. The van der Waals surface area contributed by atoms with Crippen molar-refractivity contribution in [2.75, 3.05) is 10.0 Å². The van der Waals surface area contributed by atoms with Gasteiger partial charge in [-0.25, -0.2) is 18.4 Å². The Morgan fingerprint density at radius 3 is 2.39 bits per heavy atom. The highest BCUT2D eigenvalue weighted by molar-refractivity contribution is 8.00. The van der Waals surface area contributed by atoms with Crippen molar-refractivity contribution in [2.24, 2.45) is 0 Å². The molecule has 4 aromatic rings. The highest BCUT2D eigenvalue weighted by Crippen LogP contribution is 2.30. The molecule has 0 radical (unpaired) electrons. The van der Waals surface area contributed by atoms with Gasteiger partial charge in [0.2, 0.25) is 5.91 Å². The summed E-state index contributed by atoms with van der Waals surface area (Å²) in [4.78, 5) is 21.8. The van der Waals surface area contributed by atoms with E-state index in [-0.39, 0.29) is 16.6 Å². The molecule has 1 atom stereocenters. The Hall–Kier alpha value is -4.20. The lowest BCUT2D eigenvalue weighted by Crippen LogP contribution is -2.25. The van der Waals surface area contributed by atoms with Gasteiger partial charge in [0.25, 0.3) is 10.0 Å². The number of nitriles is 1. The molecule has 0 spiro atoms. The van der Waals surface area contributed by atoms with Crippen LogP contribution in [0.3, 0.4) is 0 Å². The quantitative estimate of drug-likeness (QED) is 0.262. The summed E-state index contributed by atoms with van der Waals surface area (Å²) in [5.41, 5.74) is 3.62. The highest BCUT2D eigenvalue weighted by Gasteiger charge is 2.22. The zero-order chi connectivity index (χ0) is 27.1. The second kappa shape index (κ2) is 11.9. The first kappa shape index (κ1) is 26.9. The smallest absolute Gasteiger partial charge is 0.263 e. The Kier molecular flexibility index (Phi) is 8.41. The molecule has 1 unspecified atom stereocenters. The van der Waals surface area contributed by atoms with Gasteiger partial charge in [0.1, 0.15) is 16.9 Å². The zero-order valence-electron chi connectivity index (χ0n) is 20.8. The van der Waals surface area contributed by atoms with Crippen LogP contribution in [-0.4, -0.2) is 29.5 Å².